The molecule has 0 aromatic rings. The summed E-state index contributed by atoms with van der Waals surface area (Å²) >= 11 is 0. The van der Waals surface area contributed by atoms with Crippen molar-refractivity contribution in [2.75, 3.05) is 13.1 Å². The molecule has 2 rings (SSSR count). The second-order valence-electron chi connectivity index (χ2n) is 5.74. The Kier molecular flexibility index (Phi) is 3.86. The minimum Gasteiger partial charge on any atom is -0.294 e. The van der Waals surface area contributed by atoms with Gasteiger partial charge in [0.15, 0.2) is 0 Å². The van der Waals surface area contributed by atoms with E-state index in [1.807, 2.05) is 0 Å². The Balaban J connectivity index is 2.12. The van der Waals surface area contributed by atoms with Crippen molar-refractivity contribution in [3.05, 3.63) is 24.3 Å². The third-order valence-electron chi connectivity index (χ3n) is 3.87. The summed E-state index contributed by atoms with van der Waals surface area (Å²) in [7, 11) is 0. The van der Waals surface area contributed by atoms with Gasteiger partial charge in [0.1, 0.15) is 0 Å². The van der Waals surface area contributed by atoms with Crippen molar-refractivity contribution < 1.29 is 0 Å². The predicted octanol–water partition coefficient (Wildman–Crippen LogP) is 3.77. The highest BCUT2D eigenvalue weighted by Crippen LogP contribution is 2.34. The Labute approximate surface area is 100 Å². The van der Waals surface area contributed by atoms with E-state index < -0.39 is 0 Å². The first-order chi connectivity index (χ1) is 7.73. The number of hydrogen-bond acceptors (Lipinski definition) is 1. The SMILES string of the molecule is CC(C)CC1(N2CCCCC2)C=CC=CC1. The molecule has 0 amide bonds. The molecule has 0 radical (unpaired) electrons. The first-order valence-electron chi connectivity index (χ1n) is 6.82. The highest BCUT2D eigenvalue weighted by Gasteiger charge is 2.35. The van der Waals surface area contributed by atoms with Crippen LogP contribution in [0.5, 0.6) is 0 Å². The third kappa shape index (κ3) is 2.57. The number of piperidine rings is 1. The van der Waals surface area contributed by atoms with Crippen molar-refractivity contribution in [3.8, 4) is 0 Å². The van der Waals surface area contributed by atoms with Crippen LogP contribution in [0.1, 0.15) is 46.0 Å². The van der Waals surface area contributed by atoms with E-state index in [0.717, 1.165) is 5.92 Å². The lowest BCUT2D eigenvalue weighted by Crippen LogP contribution is -2.50. The molecule has 0 spiro atoms. The molecule has 0 N–H and O–H groups in total. The Morgan fingerprint density at radius 2 is 1.88 bits per heavy atom. The van der Waals surface area contributed by atoms with Crippen molar-refractivity contribution in [1.82, 2.24) is 4.90 Å². The molecule has 1 aliphatic heterocycles. The molecule has 0 aromatic heterocycles. The number of hydrogen-bond donors (Lipinski definition) is 0. The van der Waals surface area contributed by atoms with Crippen LogP contribution in [0.2, 0.25) is 0 Å². The van der Waals surface area contributed by atoms with E-state index in [4.69, 9.17) is 0 Å². The first-order valence-corrected chi connectivity index (χ1v) is 6.82. The van der Waals surface area contributed by atoms with E-state index in [0.29, 0.717) is 5.54 Å². The molecule has 1 unspecified atom stereocenters. The van der Waals surface area contributed by atoms with Crippen LogP contribution in [0.25, 0.3) is 0 Å². The lowest BCUT2D eigenvalue weighted by molar-refractivity contribution is 0.0866. The van der Waals surface area contributed by atoms with Gasteiger partial charge in [-0.2, -0.15) is 0 Å². The topological polar surface area (TPSA) is 3.24 Å². The number of allylic oxidation sites excluding steroid dienone is 2. The maximum atomic E-state index is 2.73. The number of rotatable bonds is 3. The molecule has 0 saturated carbocycles. The van der Waals surface area contributed by atoms with Crippen LogP contribution in [0.15, 0.2) is 24.3 Å². The van der Waals surface area contributed by atoms with Gasteiger partial charge in [0, 0.05) is 5.54 Å². The van der Waals surface area contributed by atoms with E-state index >= 15 is 0 Å². The van der Waals surface area contributed by atoms with E-state index in [2.05, 4.69) is 43.1 Å². The summed E-state index contributed by atoms with van der Waals surface area (Å²) in [6, 6.07) is 0. The summed E-state index contributed by atoms with van der Waals surface area (Å²) in [5, 5.41) is 0. The fraction of sp³-hybridized carbons (Fsp3) is 0.733. The molecule has 1 fully saturated rings. The normalized spacial score (nSPS) is 31.2. The highest BCUT2D eigenvalue weighted by atomic mass is 15.2. The van der Waals surface area contributed by atoms with Crippen LogP contribution < -0.4 is 0 Å². The van der Waals surface area contributed by atoms with E-state index in [1.165, 1.54) is 45.2 Å². The fourth-order valence-electron chi connectivity index (χ4n) is 3.21. The van der Waals surface area contributed by atoms with Crippen molar-refractivity contribution in [2.45, 2.75) is 51.5 Å². The number of nitrogens with zero attached hydrogens (tertiary/aromatic N) is 1. The zero-order valence-electron chi connectivity index (χ0n) is 10.8. The van der Waals surface area contributed by atoms with E-state index in [9.17, 15) is 0 Å². The molecule has 1 aliphatic carbocycles. The van der Waals surface area contributed by atoms with Crippen molar-refractivity contribution >= 4 is 0 Å². The van der Waals surface area contributed by atoms with Crippen molar-refractivity contribution in [2.24, 2.45) is 5.92 Å². The van der Waals surface area contributed by atoms with Gasteiger partial charge in [-0.3, -0.25) is 4.90 Å². The summed E-state index contributed by atoms with van der Waals surface area (Å²) < 4.78 is 0. The van der Waals surface area contributed by atoms with Crippen LogP contribution in [-0.4, -0.2) is 23.5 Å². The fourth-order valence-corrected chi connectivity index (χ4v) is 3.21. The smallest absolute Gasteiger partial charge is 0.0431 e. The van der Waals surface area contributed by atoms with Gasteiger partial charge in [-0.15, -0.1) is 0 Å². The quantitative estimate of drug-likeness (QED) is 0.698. The first kappa shape index (κ1) is 11.9. The zero-order valence-corrected chi connectivity index (χ0v) is 10.8. The van der Waals surface area contributed by atoms with Crippen LogP contribution >= 0.6 is 0 Å². The average molecular weight is 219 g/mol. The van der Waals surface area contributed by atoms with Gasteiger partial charge in [0.05, 0.1) is 0 Å². The molecular weight excluding hydrogens is 194 g/mol. The Morgan fingerprint density at radius 1 is 1.12 bits per heavy atom. The molecule has 90 valence electrons. The lowest BCUT2D eigenvalue weighted by Gasteiger charge is -2.45. The van der Waals surface area contributed by atoms with Gasteiger partial charge in [-0.05, 0) is 44.7 Å². The lowest BCUT2D eigenvalue weighted by atomic mass is 9.80. The summed E-state index contributed by atoms with van der Waals surface area (Å²) in [6.07, 6.45) is 16.0. The summed E-state index contributed by atoms with van der Waals surface area (Å²) in [5.74, 6) is 0.776. The van der Waals surface area contributed by atoms with Crippen molar-refractivity contribution in [1.29, 1.82) is 0 Å². The van der Waals surface area contributed by atoms with Crippen LogP contribution in [0.4, 0.5) is 0 Å². The van der Waals surface area contributed by atoms with Gasteiger partial charge < -0.3 is 0 Å². The second kappa shape index (κ2) is 5.18. The van der Waals surface area contributed by atoms with Gasteiger partial charge >= 0.3 is 0 Å². The Hall–Kier alpha value is -0.560. The van der Waals surface area contributed by atoms with E-state index in [-0.39, 0.29) is 0 Å². The molecule has 0 bridgehead atoms. The summed E-state index contributed by atoms with van der Waals surface area (Å²) in [4.78, 5) is 2.73. The molecule has 2 aliphatic rings. The van der Waals surface area contributed by atoms with Crippen LogP contribution in [0, 0.1) is 5.92 Å². The zero-order chi connectivity index (χ0) is 11.4. The molecular formula is C15H25N. The maximum Gasteiger partial charge on any atom is 0.0431 e. The summed E-state index contributed by atoms with van der Waals surface area (Å²) in [6.45, 7) is 7.28. The van der Waals surface area contributed by atoms with Gasteiger partial charge in [-0.25, -0.2) is 0 Å². The number of likely N-dealkylation sites (tertiary alicyclic amines) is 1. The average Bonchev–Trinajstić information content (AvgIpc) is 2.30. The van der Waals surface area contributed by atoms with Gasteiger partial charge in [-0.1, -0.05) is 44.6 Å². The van der Waals surface area contributed by atoms with Gasteiger partial charge in [0.25, 0.3) is 0 Å². The molecule has 1 heterocycles. The molecule has 0 aromatic carbocycles. The Bertz CT molecular complexity index is 271. The maximum absolute atomic E-state index is 2.73. The Morgan fingerprint density at radius 3 is 2.44 bits per heavy atom. The van der Waals surface area contributed by atoms with Crippen LogP contribution in [0.3, 0.4) is 0 Å². The predicted molar refractivity (Wildman–Crippen MR) is 70.5 cm³/mol. The molecule has 1 saturated heterocycles. The minimum atomic E-state index is 0.337. The molecule has 1 nitrogen and oxygen atoms in total. The minimum absolute atomic E-state index is 0.337. The standard InChI is InChI=1S/C15H25N/c1-14(2)13-15(9-5-3-6-10-15)16-11-7-4-8-12-16/h3,5-6,9,14H,4,7-8,10-13H2,1-2H3. The summed E-state index contributed by atoms with van der Waals surface area (Å²) in [5.41, 5.74) is 0.337. The third-order valence-corrected chi connectivity index (χ3v) is 3.87. The highest BCUT2D eigenvalue weighted by molar-refractivity contribution is 5.21. The molecule has 16 heavy (non-hydrogen) atoms. The molecule has 1 heteroatoms. The molecule has 1 atom stereocenters. The largest absolute Gasteiger partial charge is 0.294 e. The van der Waals surface area contributed by atoms with E-state index in [1.54, 1.807) is 0 Å². The van der Waals surface area contributed by atoms with Crippen LogP contribution in [-0.2, 0) is 0 Å². The monoisotopic (exact) mass is 219 g/mol. The van der Waals surface area contributed by atoms with Crippen molar-refractivity contribution in [3.63, 3.8) is 0 Å². The second-order valence-corrected chi connectivity index (χ2v) is 5.74. The van der Waals surface area contributed by atoms with Gasteiger partial charge in [0.2, 0.25) is 0 Å².